The Morgan fingerprint density at radius 1 is 1.38 bits per heavy atom. The number of amides is 2. The Labute approximate surface area is 145 Å². The third kappa shape index (κ3) is 3.92. The van der Waals surface area contributed by atoms with Crippen LogP contribution in [0.25, 0.3) is 11.3 Å². The fourth-order valence-corrected chi connectivity index (χ4v) is 3.25. The number of carbonyl (C=O) groups excluding carboxylic acids is 1. The van der Waals surface area contributed by atoms with Crippen molar-refractivity contribution in [1.29, 1.82) is 0 Å². The fraction of sp³-hybridized carbons (Fsp3) is 0.412. The van der Waals surface area contributed by atoms with Crippen LogP contribution in [0.5, 0.6) is 0 Å². The van der Waals surface area contributed by atoms with E-state index in [-0.39, 0.29) is 24.8 Å². The second kappa shape index (κ2) is 7.29. The molecule has 2 N–H and O–H groups in total. The Hall–Kier alpha value is -1.96. The maximum Gasteiger partial charge on any atom is 0.322 e. The van der Waals surface area contributed by atoms with Gasteiger partial charge < -0.3 is 20.1 Å². The van der Waals surface area contributed by atoms with Gasteiger partial charge in [-0.05, 0) is 26.0 Å². The highest BCUT2D eigenvalue weighted by atomic mass is 32.1. The van der Waals surface area contributed by atoms with Gasteiger partial charge in [0.25, 0.3) is 0 Å². The van der Waals surface area contributed by atoms with E-state index < -0.39 is 6.10 Å². The third-order valence-corrected chi connectivity index (χ3v) is 4.42. The van der Waals surface area contributed by atoms with Gasteiger partial charge in [0.05, 0.1) is 36.5 Å². The smallest absolute Gasteiger partial charge is 0.322 e. The summed E-state index contributed by atoms with van der Waals surface area (Å²) in [6.07, 6.45) is -0.959. The first-order valence-electron chi connectivity index (χ1n) is 7.91. The number of rotatable bonds is 4. The second-order valence-electron chi connectivity index (χ2n) is 6.08. The van der Waals surface area contributed by atoms with E-state index in [2.05, 4.69) is 10.3 Å². The number of hydrogen-bond donors (Lipinski definition) is 2. The zero-order valence-corrected chi connectivity index (χ0v) is 14.5. The van der Waals surface area contributed by atoms with Gasteiger partial charge >= 0.3 is 6.03 Å². The summed E-state index contributed by atoms with van der Waals surface area (Å²) in [6, 6.07) is 7.32. The summed E-state index contributed by atoms with van der Waals surface area (Å²) in [7, 11) is 0. The summed E-state index contributed by atoms with van der Waals surface area (Å²) in [5, 5.41) is 14.8. The quantitative estimate of drug-likeness (QED) is 0.892. The van der Waals surface area contributed by atoms with Crippen molar-refractivity contribution in [2.24, 2.45) is 0 Å². The largest absolute Gasteiger partial charge is 0.388 e. The average Bonchev–Trinajstić information content (AvgIpc) is 3.18. The molecule has 1 fully saturated rings. The van der Waals surface area contributed by atoms with Crippen molar-refractivity contribution >= 4 is 23.1 Å². The minimum absolute atomic E-state index is 0.0194. The number of β-amino-alcohol motifs (C(OH)–C–C–N with tert-alkyl or cyclic N) is 1. The molecule has 24 heavy (non-hydrogen) atoms. The van der Waals surface area contributed by atoms with Crippen molar-refractivity contribution in [2.75, 3.05) is 18.4 Å². The number of aliphatic hydroxyl groups is 1. The van der Waals surface area contributed by atoms with Crippen LogP contribution in [0, 0.1) is 0 Å². The first kappa shape index (κ1) is 16.9. The van der Waals surface area contributed by atoms with E-state index in [0.717, 1.165) is 11.3 Å². The normalized spacial score (nSPS) is 20.6. The summed E-state index contributed by atoms with van der Waals surface area (Å²) in [6.45, 7) is 4.50. The van der Waals surface area contributed by atoms with Gasteiger partial charge in [0.1, 0.15) is 6.10 Å². The molecule has 0 aliphatic carbocycles. The molecule has 2 amide bonds. The van der Waals surface area contributed by atoms with E-state index in [1.165, 1.54) is 0 Å². The number of aromatic nitrogens is 1. The zero-order chi connectivity index (χ0) is 17.1. The fourth-order valence-electron chi connectivity index (χ4n) is 2.69. The number of benzene rings is 1. The Morgan fingerprint density at radius 2 is 2.12 bits per heavy atom. The van der Waals surface area contributed by atoms with E-state index in [1.54, 1.807) is 21.7 Å². The van der Waals surface area contributed by atoms with E-state index in [4.69, 9.17) is 4.74 Å². The summed E-state index contributed by atoms with van der Waals surface area (Å²) < 4.78 is 5.63. The average molecular weight is 347 g/mol. The number of hydrogen-bond acceptors (Lipinski definition) is 5. The summed E-state index contributed by atoms with van der Waals surface area (Å²) in [5.74, 6) is 0. The van der Waals surface area contributed by atoms with Gasteiger partial charge in [0.2, 0.25) is 0 Å². The van der Waals surface area contributed by atoms with Crippen LogP contribution >= 0.6 is 11.3 Å². The second-order valence-corrected chi connectivity index (χ2v) is 6.80. The molecule has 2 aromatic rings. The van der Waals surface area contributed by atoms with Crippen LogP contribution in [-0.2, 0) is 4.74 Å². The standard InChI is InChI=1S/C17H21N3O3S/c1-11(2)23-16-8-20(7-15(16)21)17(22)19-13-5-3-12(4-6-13)14-9-24-10-18-14/h3-6,9-11,15-16,21H,7-8H2,1-2H3,(H,19,22)/t15-,16-/m1/s1. The first-order valence-corrected chi connectivity index (χ1v) is 8.85. The Kier molecular flexibility index (Phi) is 5.13. The topological polar surface area (TPSA) is 74.7 Å². The molecule has 7 heteroatoms. The van der Waals surface area contributed by atoms with E-state index in [0.29, 0.717) is 12.2 Å². The summed E-state index contributed by atoms with van der Waals surface area (Å²) >= 11 is 1.55. The van der Waals surface area contributed by atoms with Crippen LogP contribution in [-0.4, -0.2) is 52.4 Å². The lowest BCUT2D eigenvalue weighted by atomic mass is 10.1. The van der Waals surface area contributed by atoms with Crippen molar-refractivity contribution < 1.29 is 14.6 Å². The molecule has 1 saturated heterocycles. The van der Waals surface area contributed by atoms with Crippen LogP contribution in [0.1, 0.15) is 13.8 Å². The highest BCUT2D eigenvalue weighted by Gasteiger charge is 2.35. The Bertz CT molecular complexity index is 673. The Balaban J connectivity index is 1.59. The van der Waals surface area contributed by atoms with Crippen molar-refractivity contribution in [3.63, 3.8) is 0 Å². The molecular formula is C17H21N3O3S. The SMILES string of the molecule is CC(C)O[C@@H]1CN(C(=O)Nc2ccc(-c3cscn3)cc2)C[C@H]1O. The van der Waals surface area contributed by atoms with Crippen LogP contribution in [0.3, 0.4) is 0 Å². The number of nitrogens with one attached hydrogen (secondary N) is 1. The van der Waals surface area contributed by atoms with Gasteiger partial charge in [-0.2, -0.15) is 0 Å². The molecule has 0 radical (unpaired) electrons. The van der Waals surface area contributed by atoms with Crippen LogP contribution < -0.4 is 5.32 Å². The summed E-state index contributed by atoms with van der Waals surface area (Å²) in [5.41, 5.74) is 4.44. The van der Waals surface area contributed by atoms with Crippen molar-refractivity contribution in [3.05, 3.63) is 35.2 Å². The van der Waals surface area contributed by atoms with Crippen LogP contribution in [0.4, 0.5) is 10.5 Å². The number of carbonyl (C=O) groups is 1. The minimum atomic E-state index is -0.648. The molecular weight excluding hydrogens is 326 g/mol. The van der Waals surface area contributed by atoms with Gasteiger partial charge in [0, 0.05) is 16.6 Å². The molecule has 1 aromatic carbocycles. The Morgan fingerprint density at radius 3 is 2.75 bits per heavy atom. The van der Waals surface area contributed by atoms with E-state index in [1.807, 2.05) is 43.5 Å². The highest BCUT2D eigenvalue weighted by Crippen LogP contribution is 2.22. The number of urea groups is 1. The maximum absolute atomic E-state index is 12.3. The first-order chi connectivity index (χ1) is 11.5. The third-order valence-electron chi connectivity index (χ3n) is 3.84. The van der Waals surface area contributed by atoms with Crippen molar-refractivity contribution in [1.82, 2.24) is 9.88 Å². The van der Waals surface area contributed by atoms with E-state index in [9.17, 15) is 9.90 Å². The molecule has 3 rings (SSSR count). The lowest BCUT2D eigenvalue weighted by Crippen LogP contribution is -2.34. The lowest BCUT2D eigenvalue weighted by molar-refractivity contribution is -0.0393. The number of ether oxygens (including phenoxy) is 1. The summed E-state index contributed by atoms with van der Waals surface area (Å²) in [4.78, 5) is 18.2. The maximum atomic E-state index is 12.3. The van der Waals surface area contributed by atoms with E-state index >= 15 is 0 Å². The van der Waals surface area contributed by atoms with Gasteiger partial charge in [0.15, 0.2) is 0 Å². The van der Waals surface area contributed by atoms with Crippen LogP contribution in [0.2, 0.25) is 0 Å². The number of thiazole rings is 1. The number of aliphatic hydroxyl groups excluding tert-OH is 1. The number of nitrogens with zero attached hydrogens (tertiary/aromatic N) is 2. The van der Waals surface area contributed by atoms with Crippen molar-refractivity contribution in [3.8, 4) is 11.3 Å². The molecule has 1 aromatic heterocycles. The molecule has 0 saturated carbocycles. The number of anilines is 1. The molecule has 1 aliphatic rings. The predicted molar refractivity (Wildman–Crippen MR) is 94.2 cm³/mol. The molecule has 2 atom stereocenters. The molecule has 0 bridgehead atoms. The van der Waals surface area contributed by atoms with Crippen LogP contribution in [0.15, 0.2) is 35.2 Å². The molecule has 128 valence electrons. The highest BCUT2D eigenvalue weighted by molar-refractivity contribution is 7.07. The zero-order valence-electron chi connectivity index (χ0n) is 13.7. The molecule has 6 nitrogen and oxygen atoms in total. The van der Waals surface area contributed by atoms with Gasteiger partial charge in [-0.25, -0.2) is 9.78 Å². The molecule has 0 spiro atoms. The van der Waals surface area contributed by atoms with Gasteiger partial charge in [-0.15, -0.1) is 11.3 Å². The molecule has 2 heterocycles. The van der Waals surface area contributed by atoms with Gasteiger partial charge in [-0.1, -0.05) is 12.1 Å². The van der Waals surface area contributed by atoms with Crippen molar-refractivity contribution in [2.45, 2.75) is 32.2 Å². The molecule has 1 aliphatic heterocycles. The molecule has 0 unspecified atom stereocenters. The number of likely N-dealkylation sites (tertiary alicyclic amines) is 1. The van der Waals surface area contributed by atoms with Gasteiger partial charge in [-0.3, -0.25) is 0 Å². The minimum Gasteiger partial charge on any atom is -0.388 e. The lowest BCUT2D eigenvalue weighted by Gasteiger charge is -2.18. The monoisotopic (exact) mass is 347 g/mol. The predicted octanol–water partition coefficient (Wildman–Crippen LogP) is 2.81.